The second-order valence-electron chi connectivity index (χ2n) is 7.24. The van der Waals surface area contributed by atoms with Gasteiger partial charge in [0.15, 0.2) is 0 Å². The first-order chi connectivity index (χ1) is 9.93. The van der Waals surface area contributed by atoms with E-state index in [9.17, 15) is 0 Å². The molecule has 0 N–H and O–H groups in total. The zero-order valence-corrected chi connectivity index (χ0v) is 12.5. The largest absolute Gasteiger partial charge is 0.0451 e. The molecule has 20 heavy (non-hydrogen) atoms. The maximum atomic E-state index is 1.83. The van der Waals surface area contributed by atoms with E-state index in [4.69, 9.17) is 0 Å². The monoisotopic (exact) mass is 264 g/mol. The lowest BCUT2D eigenvalue weighted by molar-refractivity contribution is 0.611. The molecule has 0 heteroatoms. The minimum Gasteiger partial charge on any atom is -0.0451 e. The molecule has 0 aromatic carbocycles. The zero-order valence-electron chi connectivity index (χ0n) is 12.5. The summed E-state index contributed by atoms with van der Waals surface area (Å²) in [6.45, 7) is 0. The summed E-state index contributed by atoms with van der Waals surface area (Å²) >= 11 is 0. The summed E-state index contributed by atoms with van der Waals surface area (Å²) in [5.74, 6) is 0. The van der Waals surface area contributed by atoms with E-state index in [1.165, 1.54) is 77.0 Å². The molecular weight excluding hydrogens is 240 g/mol. The molecule has 6 aliphatic rings. The molecule has 0 heterocycles. The van der Waals surface area contributed by atoms with Crippen LogP contribution in [0.2, 0.25) is 0 Å². The lowest BCUT2D eigenvalue weighted by Crippen LogP contribution is -2.21. The van der Waals surface area contributed by atoms with E-state index >= 15 is 0 Å². The van der Waals surface area contributed by atoms with Crippen LogP contribution >= 0.6 is 0 Å². The van der Waals surface area contributed by atoms with Gasteiger partial charge in [-0.1, -0.05) is 0 Å². The number of rotatable bonds is 0. The molecule has 2 saturated carbocycles. The summed E-state index contributed by atoms with van der Waals surface area (Å²) in [6, 6.07) is 0. The molecule has 2 fully saturated rings. The van der Waals surface area contributed by atoms with Crippen molar-refractivity contribution in [2.24, 2.45) is 0 Å². The Hall–Kier alpha value is -1.04. The van der Waals surface area contributed by atoms with Crippen LogP contribution in [0, 0.1) is 0 Å². The molecule has 104 valence electrons. The first kappa shape index (κ1) is 11.6. The van der Waals surface area contributed by atoms with Gasteiger partial charge in [0, 0.05) is 0 Å². The highest BCUT2D eigenvalue weighted by atomic mass is 14.4. The highest BCUT2D eigenvalue weighted by molar-refractivity contribution is 5.64. The van der Waals surface area contributed by atoms with Gasteiger partial charge in [0.2, 0.25) is 0 Å². The molecule has 0 saturated heterocycles. The molecular formula is C20H24. The Bertz CT molecular complexity index is 436. The van der Waals surface area contributed by atoms with Crippen LogP contribution < -0.4 is 0 Å². The Morgan fingerprint density at radius 3 is 0.550 bits per heavy atom. The Morgan fingerprint density at radius 2 is 0.400 bits per heavy atom. The second-order valence-corrected chi connectivity index (χ2v) is 7.24. The average Bonchev–Trinajstić information content (AvgIpc) is 2.42. The van der Waals surface area contributed by atoms with Gasteiger partial charge in [-0.3, -0.25) is 0 Å². The molecule has 6 aliphatic carbocycles. The molecule has 0 nitrogen and oxygen atoms in total. The Labute approximate surface area is 122 Å². The number of hydrogen-bond donors (Lipinski definition) is 0. The van der Waals surface area contributed by atoms with Crippen molar-refractivity contribution in [1.82, 2.24) is 0 Å². The Morgan fingerprint density at radius 1 is 0.250 bits per heavy atom. The minimum atomic E-state index is 1.38. The molecule has 0 unspecified atom stereocenters. The minimum absolute atomic E-state index is 1.38. The van der Waals surface area contributed by atoms with Gasteiger partial charge < -0.3 is 0 Å². The molecule has 0 spiro atoms. The van der Waals surface area contributed by atoms with E-state index in [1.54, 1.807) is 0 Å². The molecule has 8 bridgehead atoms. The number of allylic oxidation sites excluding steroid dienone is 8. The Balaban J connectivity index is 1.65. The predicted molar refractivity (Wildman–Crippen MR) is 83.5 cm³/mol. The van der Waals surface area contributed by atoms with Crippen molar-refractivity contribution in [2.45, 2.75) is 77.0 Å². The quantitative estimate of drug-likeness (QED) is 0.509. The first-order valence-corrected chi connectivity index (χ1v) is 8.83. The van der Waals surface area contributed by atoms with Crippen molar-refractivity contribution < 1.29 is 0 Å². The third-order valence-electron chi connectivity index (χ3n) is 6.33. The van der Waals surface area contributed by atoms with Crippen LogP contribution in [0.4, 0.5) is 0 Å². The summed E-state index contributed by atoms with van der Waals surface area (Å²) in [5, 5.41) is 0. The molecule has 0 aromatic rings. The Kier molecular flexibility index (Phi) is 2.45. The number of hydrogen-bond acceptors (Lipinski definition) is 0. The van der Waals surface area contributed by atoms with Gasteiger partial charge in [0.1, 0.15) is 0 Å². The predicted octanol–water partition coefficient (Wildman–Crippen LogP) is 5.92. The average molecular weight is 264 g/mol. The van der Waals surface area contributed by atoms with Crippen molar-refractivity contribution >= 4 is 0 Å². The van der Waals surface area contributed by atoms with E-state index in [-0.39, 0.29) is 0 Å². The normalized spacial score (nSPS) is 28.8. The summed E-state index contributed by atoms with van der Waals surface area (Å²) < 4.78 is 0. The van der Waals surface area contributed by atoms with Gasteiger partial charge in [-0.25, -0.2) is 0 Å². The van der Waals surface area contributed by atoms with Crippen LogP contribution in [0.5, 0.6) is 0 Å². The van der Waals surface area contributed by atoms with Crippen LogP contribution in [-0.4, -0.2) is 0 Å². The van der Waals surface area contributed by atoms with E-state index in [1.807, 2.05) is 44.6 Å². The van der Waals surface area contributed by atoms with Crippen molar-refractivity contribution in [1.29, 1.82) is 0 Å². The maximum Gasteiger partial charge on any atom is -0.0270 e. The summed E-state index contributed by atoms with van der Waals surface area (Å²) in [5.41, 5.74) is 14.6. The van der Waals surface area contributed by atoms with Crippen LogP contribution in [0.25, 0.3) is 0 Å². The van der Waals surface area contributed by atoms with Crippen LogP contribution in [0.15, 0.2) is 44.6 Å². The fourth-order valence-electron chi connectivity index (χ4n) is 5.51. The molecule has 0 atom stereocenters. The number of fused-ring (bicyclic) bond motifs is 8. The lowest BCUT2D eigenvalue weighted by atomic mass is 9.65. The highest BCUT2D eigenvalue weighted by Crippen LogP contribution is 2.53. The SMILES string of the molecule is C1CC2=C3CCCC4=C(C1)C1=C4CCCC3=C2CCC1. The van der Waals surface area contributed by atoms with Gasteiger partial charge in [0.05, 0.1) is 0 Å². The van der Waals surface area contributed by atoms with Crippen LogP contribution in [-0.2, 0) is 0 Å². The third-order valence-corrected chi connectivity index (χ3v) is 6.33. The fraction of sp³-hybridized carbons (Fsp3) is 0.600. The smallest absolute Gasteiger partial charge is 0.0270 e. The van der Waals surface area contributed by atoms with E-state index in [2.05, 4.69) is 0 Å². The second kappa shape index (κ2) is 4.23. The standard InChI is InChI=1S/C20H24/c1-5-13-15-7-2-8-16-14(6-1)18-10-3-9-17(13)19(15)11-4-12-20(16)18/h1-12H2. The van der Waals surface area contributed by atoms with Crippen molar-refractivity contribution in [3.8, 4) is 0 Å². The van der Waals surface area contributed by atoms with Crippen molar-refractivity contribution in [3.05, 3.63) is 44.6 Å². The van der Waals surface area contributed by atoms with Gasteiger partial charge in [-0.2, -0.15) is 0 Å². The molecule has 0 aromatic heterocycles. The van der Waals surface area contributed by atoms with Gasteiger partial charge in [-0.15, -0.1) is 0 Å². The topological polar surface area (TPSA) is 0 Å². The molecule has 0 aliphatic heterocycles. The van der Waals surface area contributed by atoms with Crippen LogP contribution in [0.3, 0.4) is 0 Å². The third kappa shape index (κ3) is 1.43. The summed E-state index contributed by atoms with van der Waals surface area (Å²) in [6.07, 6.45) is 16.7. The lowest BCUT2D eigenvalue weighted by Gasteiger charge is -2.40. The zero-order chi connectivity index (χ0) is 13.1. The van der Waals surface area contributed by atoms with E-state index in [0.29, 0.717) is 0 Å². The van der Waals surface area contributed by atoms with Crippen molar-refractivity contribution in [2.75, 3.05) is 0 Å². The highest BCUT2D eigenvalue weighted by Gasteiger charge is 2.34. The molecule has 6 rings (SSSR count). The summed E-state index contributed by atoms with van der Waals surface area (Å²) in [4.78, 5) is 0. The van der Waals surface area contributed by atoms with E-state index < -0.39 is 0 Å². The maximum absolute atomic E-state index is 1.83. The molecule has 0 amide bonds. The van der Waals surface area contributed by atoms with Crippen LogP contribution in [0.1, 0.15) is 77.0 Å². The van der Waals surface area contributed by atoms with Crippen molar-refractivity contribution in [3.63, 3.8) is 0 Å². The summed E-state index contributed by atoms with van der Waals surface area (Å²) in [7, 11) is 0. The first-order valence-electron chi connectivity index (χ1n) is 8.83. The van der Waals surface area contributed by atoms with Gasteiger partial charge >= 0.3 is 0 Å². The molecule has 0 radical (unpaired) electrons. The van der Waals surface area contributed by atoms with Gasteiger partial charge in [-0.05, 0) is 122 Å². The van der Waals surface area contributed by atoms with E-state index in [0.717, 1.165) is 0 Å². The fourth-order valence-corrected chi connectivity index (χ4v) is 5.51. The van der Waals surface area contributed by atoms with Gasteiger partial charge in [0.25, 0.3) is 0 Å².